The van der Waals surface area contributed by atoms with E-state index in [-0.39, 0.29) is 103 Å². The first-order valence-electron chi connectivity index (χ1n) is 0.565. The third kappa shape index (κ3) is 61.4. The molecule has 0 bridgehead atoms. The summed E-state index contributed by atoms with van der Waals surface area (Å²) < 4.78 is 0. The Balaban J connectivity index is -0.00000000300. The summed E-state index contributed by atoms with van der Waals surface area (Å²) in [6.07, 6.45) is 0. The number of hydrogen-bond acceptors (Lipinski definition) is 2. The molecule has 0 aromatic heterocycles. The molecule has 0 saturated heterocycles. The minimum Gasteiger partial charge on any atom is -1.00 e. The van der Waals surface area contributed by atoms with Crippen molar-refractivity contribution in [3.63, 3.8) is 0 Å². The van der Waals surface area contributed by atoms with Crippen LogP contribution in [0, 0.1) is 10.1 Å². The molecule has 0 heterocycles. The fourth-order valence-corrected chi connectivity index (χ4v) is 0. The summed E-state index contributed by atoms with van der Waals surface area (Å²) in [6, 6.07) is 0. The smallest absolute Gasteiger partial charge is 1.00 e. The molecular weight excluding hydrogens is 252 g/mol. The second kappa shape index (κ2) is 15.8. The van der Waals surface area contributed by atoms with E-state index in [1.807, 2.05) is 0 Å². The Morgan fingerprint density at radius 3 is 1.71 bits per heavy atom. The van der Waals surface area contributed by atoms with E-state index in [0.717, 1.165) is 0 Å². The third-order valence-corrected chi connectivity index (χ3v) is 0. The number of hydrogen-bond donors (Lipinski definition) is 1. The first-order valence-corrected chi connectivity index (χ1v) is 0.565. The molecule has 7 heteroatoms. The Kier molecular flexibility index (Phi) is 51.3. The van der Waals surface area contributed by atoms with Crippen LogP contribution in [0.25, 0.3) is 0 Å². The van der Waals surface area contributed by atoms with Crippen LogP contribution < -0.4 is 51.4 Å². The molecule has 0 amide bonds. The zero-order valence-corrected chi connectivity index (χ0v) is 10.7. The fraction of sp³-hybridized carbons (Fsp3) is 0. The van der Waals surface area contributed by atoms with Crippen molar-refractivity contribution in [1.82, 2.24) is 0 Å². The van der Waals surface area contributed by atoms with E-state index < -0.39 is 5.09 Å². The van der Waals surface area contributed by atoms with Gasteiger partial charge in [0.1, 0.15) is 0 Å². The molecule has 0 aliphatic carbocycles. The van der Waals surface area contributed by atoms with E-state index in [4.69, 9.17) is 15.3 Å². The Labute approximate surface area is 121 Å². The molecule has 0 spiro atoms. The van der Waals surface area contributed by atoms with Gasteiger partial charge in [-0.05, 0) is 0 Å². The van der Waals surface area contributed by atoms with Crippen molar-refractivity contribution in [1.29, 1.82) is 0 Å². The van der Waals surface area contributed by atoms with E-state index >= 15 is 0 Å². The molecule has 0 radical (unpaired) electrons. The van der Waals surface area contributed by atoms with Gasteiger partial charge in [0, 0.05) is 0 Å². The summed E-state index contributed by atoms with van der Waals surface area (Å²) in [7, 11) is 0. The van der Waals surface area contributed by atoms with Gasteiger partial charge < -0.3 is 9.49 Å². The maximum atomic E-state index is 8.36. The molecule has 0 aliphatic heterocycles. The molecule has 0 fully saturated rings. The van der Waals surface area contributed by atoms with Gasteiger partial charge in [0.05, 0.1) is 0 Å². The van der Waals surface area contributed by atoms with Crippen LogP contribution in [0.2, 0.25) is 0 Å². The first-order chi connectivity index (χ1) is 1.73. The van der Waals surface area contributed by atoms with Crippen LogP contribution in [0.1, 0.15) is 4.28 Å². The zero-order valence-electron chi connectivity index (χ0n) is 6.83. The molecule has 0 aromatic carbocycles. The predicted octanol–water partition coefficient (Wildman–Crippen LogP) is -2.77. The minimum atomic E-state index is -1.50. The summed E-state index contributed by atoms with van der Waals surface area (Å²) in [5, 5.41) is 13.6. The van der Waals surface area contributed by atoms with Gasteiger partial charge in [-0.1, -0.05) is 0 Å². The average Bonchev–Trinajstić information content (AvgIpc) is 0.811. The quantitative estimate of drug-likeness (QED) is 0.221. The minimum absolute atomic E-state index is 0. The van der Waals surface area contributed by atoms with Crippen molar-refractivity contribution in [3.8, 4) is 0 Å². The maximum absolute atomic E-state index is 8.36. The monoisotopic (exact) mass is 257 g/mol. The molecule has 0 rings (SSSR count). The summed E-state index contributed by atoms with van der Waals surface area (Å²) in [6.45, 7) is 0. The van der Waals surface area contributed by atoms with Gasteiger partial charge in [-0.2, -0.15) is 0 Å². The van der Waals surface area contributed by atoms with Crippen molar-refractivity contribution >= 4 is 47.0 Å². The topological polar surface area (TPSA) is 63.4 Å². The Hall–Kier alpha value is 2.33. The molecule has 0 aliphatic rings. The van der Waals surface area contributed by atoms with E-state index in [0.29, 0.717) is 0 Å². The molecule has 0 saturated carbocycles. The second-order valence-corrected chi connectivity index (χ2v) is 0.238. The Morgan fingerprint density at radius 2 is 1.71 bits per heavy atom. The molecule has 0 aromatic rings. The molecule has 4 nitrogen and oxygen atoms in total. The molecule has 0 atom stereocenters. The number of nitrogens with zero attached hydrogens (tertiary/aromatic N) is 1. The molecule has 38 valence electrons. The molecular formula is H5IKMgNO3. The number of rotatable bonds is 0. The first kappa shape index (κ1) is 22.8. The molecule has 0 unspecified atom stereocenters. The summed E-state index contributed by atoms with van der Waals surface area (Å²) >= 11 is 0. The van der Waals surface area contributed by atoms with E-state index in [1.165, 1.54) is 0 Å². The van der Waals surface area contributed by atoms with Gasteiger partial charge in [0.2, 0.25) is 0 Å². The maximum Gasteiger partial charge on any atom is 2.00 e. The predicted molar refractivity (Wildman–Crippen MR) is 33.3 cm³/mol. The van der Waals surface area contributed by atoms with Crippen LogP contribution >= 0.6 is 24.0 Å². The van der Waals surface area contributed by atoms with Gasteiger partial charge in [0.25, 0.3) is 5.09 Å². The van der Waals surface area contributed by atoms with E-state index in [2.05, 4.69) is 0 Å². The SMILES string of the molecule is I.O=[N+]([O-])O.[H-].[H-].[H-].[K+].[Mg+2]. The fourth-order valence-electron chi connectivity index (χ4n) is 0. The van der Waals surface area contributed by atoms with Crippen molar-refractivity contribution in [2.24, 2.45) is 0 Å². The Bertz CT molecular complexity index is 46.7. The standard InChI is InChI=1S/HI.K.Mg.HNO3.3H/c;;;2-1(3)4;;;/h1H;;;(H,2,3,4);;;/q;+1;+2;;3*-1. The van der Waals surface area contributed by atoms with Crippen LogP contribution in [0.5, 0.6) is 0 Å². The van der Waals surface area contributed by atoms with Crippen LogP contribution in [0.15, 0.2) is 0 Å². The Morgan fingerprint density at radius 1 is 1.71 bits per heavy atom. The van der Waals surface area contributed by atoms with Crippen LogP contribution in [0.4, 0.5) is 0 Å². The molecule has 1 N–H and O–H groups in total. The summed E-state index contributed by atoms with van der Waals surface area (Å²) in [5.41, 5.74) is 0. The van der Waals surface area contributed by atoms with Gasteiger partial charge in [0.15, 0.2) is 0 Å². The second-order valence-electron chi connectivity index (χ2n) is 0.238. The van der Waals surface area contributed by atoms with Gasteiger partial charge in [-0.15, -0.1) is 34.1 Å². The van der Waals surface area contributed by atoms with Crippen LogP contribution in [-0.2, 0) is 0 Å². The van der Waals surface area contributed by atoms with Crippen molar-refractivity contribution in [2.45, 2.75) is 0 Å². The van der Waals surface area contributed by atoms with Crippen LogP contribution in [-0.4, -0.2) is 33.3 Å². The van der Waals surface area contributed by atoms with Crippen molar-refractivity contribution < 1.29 is 66.0 Å². The molecule has 7 heavy (non-hydrogen) atoms. The van der Waals surface area contributed by atoms with Crippen LogP contribution in [0.3, 0.4) is 0 Å². The van der Waals surface area contributed by atoms with E-state index in [1.54, 1.807) is 0 Å². The average molecular weight is 257 g/mol. The van der Waals surface area contributed by atoms with Gasteiger partial charge in [-0.3, -0.25) is 0 Å². The summed E-state index contributed by atoms with van der Waals surface area (Å²) in [4.78, 5) is 8.36. The zero-order chi connectivity index (χ0) is 3.58. The largest absolute Gasteiger partial charge is 2.00 e. The normalized spacial score (nSPS) is 3.43. The number of halogens is 1. The van der Waals surface area contributed by atoms with Crippen molar-refractivity contribution in [3.05, 3.63) is 10.1 Å². The summed E-state index contributed by atoms with van der Waals surface area (Å²) in [5.74, 6) is 0. The van der Waals surface area contributed by atoms with Gasteiger partial charge in [-0.25, -0.2) is 0 Å². The van der Waals surface area contributed by atoms with Gasteiger partial charge >= 0.3 is 74.4 Å². The third-order valence-electron chi connectivity index (χ3n) is 0. The van der Waals surface area contributed by atoms with Crippen molar-refractivity contribution in [2.75, 3.05) is 0 Å². The van der Waals surface area contributed by atoms with E-state index in [9.17, 15) is 0 Å².